The summed E-state index contributed by atoms with van der Waals surface area (Å²) < 4.78 is 15.3. The molecule has 2 nitrogen and oxygen atoms in total. The van der Waals surface area contributed by atoms with Crippen LogP contribution in [-0.2, 0) is 11.3 Å². The van der Waals surface area contributed by atoms with Crippen molar-refractivity contribution in [2.24, 2.45) is 0 Å². The van der Waals surface area contributed by atoms with E-state index in [-0.39, 0.29) is 0 Å². The third-order valence-electron chi connectivity index (χ3n) is 5.26. The standard InChI is InChI=1S/C18H14I2O2/c19-11-6-16(20)14-9-21-18(22-17(14)7-11)8-10-5-15(18)13-4-2-1-3-12(10)13/h1-4,6-7,10,15H,5,8-9H2. The predicted octanol–water partition coefficient (Wildman–Crippen LogP) is 5.18. The smallest absolute Gasteiger partial charge is 0.218 e. The first-order valence-electron chi connectivity index (χ1n) is 7.56. The Morgan fingerprint density at radius 2 is 1.91 bits per heavy atom. The second-order valence-electron chi connectivity index (χ2n) is 6.39. The summed E-state index contributed by atoms with van der Waals surface area (Å²) in [6.07, 6.45) is 2.14. The predicted molar refractivity (Wildman–Crippen MR) is 101 cm³/mol. The highest BCUT2D eigenvalue weighted by Crippen LogP contribution is 2.61. The molecule has 1 saturated carbocycles. The zero-order valence-electron chi connectivity index (χ0n) is 11.8. The minimum atomic E-state index is -0.445. The van der Waals surface area contributed by atoms with Crippen LogP contribution in [0.25, 0.3) is 0 Å². The fourth-order valence-corrected chi connectivity index (χ4v) is 6.27. The highest BCUT2D eigenvalue weighted by Gasteiger charge is 2.58. The van der Waals surface area contributed by atoms with Gasteiger partial charge in [0.1, 0.15) is 5.75 Å². The Morgan fingerprint density at radius 1 is 1.09 bits per heavy atom. The van der Waals surface area contributed by atoms with Crippen molar-refractivity contribution in [3.8, 4) is 5.75 Å². The lowest BCUT2D eigenvalue weighted by atomic mass is 9.86. The van der Waals surface area contributed by atoms with Crippen LogP contribution in [0.1, 0.15) is 41.4 Å². The van der Waals surface area contributed by atoms with Crippen LogP contribution >= 0.6 is 45.2 Å². The molecule has 0 radical (unpaired) electrons. The lowest BCUT2D eigenvalue weighted by Crippen LogP contribution is -2.45. The first-order valence-corrected chi connectivity index (χ1v) is 9.72. The van der Waals surface area contributed by atoms with Gasteiger partial charge in [0.2, 0.25) is 5.79 Å². The van der Waals surface area contributed by atoms with Crippen LogP contribution in [0.4, 0.5) is 0 Å². The summed E-state index contributed by atoms with van der Waals surface area (Å²) >= 11 is 4.74. The summed E-state index contributed by atoms with van der Waals surface area (Å²) in [5, 5.41) is 0. The largest absolute Gasteiger partial charge is 0.461 e. The Morgan fingerprint density at radius 3 is 2.77 bits per heavy atom. The number of halogens is 2. The van der Waals surface area contributed by atoms with Crippen molar-refractivity contribution in [2.75, 3.05) is 0 Å². The Balaban J connectivity index is 1.59. The second-order valence-corrected chi connectivity index (χ2v) is 8.79. The maximum Gasteiger partial charge on any atom is 0.218 e. The van der Waals surface area contributed by atoms with Gasteiger partial charge in [-0.1, -0.05) is 24.3 Å². The summed E-state index contributed by atoms with van der Waals surface area (Å²) in [5.41, 5.74) is 4.14. The molecule has 2 aliphatic carbocycles. The molecule has 1 fully saturated rings. The summed E-state index contributed by atoms with van der Waals surface area (Å²) in [7, 11) is 0. The molecule has 2 bridgehead atoms. The topological polar surface area (TPSA) is 18.5 Å². The van der Waals surface area contributed by atoms with Crippen molar-refractivity contribution < 1.29 is 9.47 Å². The van der Waals surface area contributed by atoms with Crippen LogP contribution in [0.15, 0.2) is 36.4 Å². The lowest BCUT2D eigenvalue weighted by molar-refractivity contribution is -0.213. The SMILES string of the molecule is Ic1cc(I)c2c(c1)OC1(CC3CC1c1ccccc13)OC2. The van der Waals surface area contributed by atoms with Gasteiger partial charge in [0, 0.05) is 19.1 Å². The quantitative estimate of drug-likeness (QED) is 0.450. The van der Waals surface area contributed by atoms with Crippen LogP contribution in [0.5, 0.6) is 5.75 Å². The van der Waals surface area contributed by atoms with Crippen LogP contribution < -0.4 is 4.74 Å². The van der Waals surface area contributed by atoms with Gasteiger partial charge in [-0.3, -0.25) is 0 Å². The van der Waals surface area contributed by atoms with Gasteiger partial charge in [0.15, 0.2) is 0 Å². The molecule has 3 aliphatic rings. The molecule has 0 amide bonds. The molecule has 0 N–H and O–H groups in total. The average Bonchev–Trinajstić information content (AvgIpc) is 3.03. The van der Waals surface area contributed by atoms with Crippen molar-refractivity contribution in [1.82, 2.24) is 0 Å². The fraction of sp³-hybridized carbons (Fsp3) is 0.333. The number of rotatable bonds is 0. The van der Waals surface area contributed by atoms with Gasteiger partial charge in [-0.05, 0) is 80.8 Å². The van der Waals surface area contributed by atoms with Gasteiger partial charge in [-0.2, -0.15) is 0 Å². The van der Waals surface area contributed by atoms with Crippen molar-refractivity contribution in [2.45, 2.75) is 37.1 Å². The van der Waals surface area contributed by atoms with E-state index in [9.17, 15) is 0 Å². The number of fused-ring (bicyclic) bond motifs is 7. The van der Waals surface area contributed by atoms with E-state index in [1.807, 2.05) is 0 Å². The molecule has 1 aliphatic heterocycles. The molecule has 0 saturated heterocycles. The minimum absolute atomic E-state index is 0.373. The van der Waals surface area contributed by atoms with E-state index in [4.69, 9.17) is 9.47 Å². The van der Waals surface area contributed by atoms with E-state index in [0.29, 0.717) is 18.4 Å². The maximum absolute atomic E-state index is 6.50. The second kappa shape index (κ2) is 4.83. The molecule has 22 heavy (non-hydrogen) atoms. The van der Waals surface area contributed by atoms with Crippen molar-refractivity contribution in [3.05, 3.63) is 60.2 Å². The van der Waals surface area contributed by atoms with Gasteiger partial charge >= 0.3 is 0 Å². The molecule has 3 unspecified atom stereocenters. The number of benzene rings is 2. The average molecular weight is 516 g/mol. The van der Waals surface area contributed by atoms with Crippen LogP contribution in [0, 0.1) is 7.14 Å². The van der Waals surface area contributed by atoms with E-state index >= 15 is 0 Å². The Bertz CT molecular complexity index is 789. The molecule has 3 atom stereocenters. The summed E-state index contributed by atoms with van der Waals surface area (Å²) in [6, 6.07) is 13.1. The van der Waals surface area contributed by atoms with Crippen LogP contribution in [-0.4, -0.2) is 5.79 Å². The number of hydrogen-bond acceptors (Lipinski definition) is 2. The summed E-state index contributed by atoms with van der Waals surface area (Å²) in [4.78, 5) is 0. The highest BCUT2D eigenvalue weighted by molar-refractivity contribution is 14.1. The molecule has 112 valence electrons. The van der Waals surface area contributed by atoms with Crippen molar-refractivity contribution >= 4 is 45.2 Å². The Labute approximate surface area is 156 Å². The van der Waals surface area contributed by atoms with Gasteiger partial charge < -0.3 is 9.47 Å². The highest BCUT2D eigenvalue weighted by atomic mass is 127. The summed E-state index contributed by atoms with van der Waals surface area (Å²) in [5.74, 6) is 1.54. The molecule has 1 spiro atoms. The number of hydrogen-bond donors (Lipinski definition) is 0. The Kier molecular flexibility index (Phi) is 3.08. The zero-order chi connectivity index (χ0) is 14.9. The molecule has 2 aromatic rings. The minimum Gasteiger partial charge on any atom is -0.461 e. The lowest BCUT2D eigenvalue weighted by Gasteiger charge is -2.42. The van der Waals surface area contributed by atoms with Crippen LogP contribution in [0.2, 0.25) is 0 Å². The third-order valence-corrected chi connectivity index (χ3v) is 6.84. The van der Waals surface area contributed by atoms with Crippen molar-refractivity contribution in [3.63, 3.8) is 0 Å². The van der Waals surface area contributed by atoms with Crippen LogP contribution in [0.3, 0.4) is 0 Å². The van der Waals surface area contributed by atoms with E-state index in [1.165, 1.54) is 23.8 Å². The third kappa shape index (κ3) is 1.86. The molecule has 0 aromatic heterocycles. The first-order chi connectivity index (χ1) is 10.7. The van der Waals surface area contributed by atoms with Gasteiger partial charge in [-0.15, -0.1) is 0 Å². The molecule has 2 aromatic carbocycles. The summed E-state index contributed by atoms with van der Waals surface area (Å²) in [6.45, 7) is 0.663. The van der Waals surface area contributed by atoms with Crippen molar-refractivity contribution in [1.29, 1.82) is 0 Å². The van der Waals surface area contributed by atoms with Gasteiger partial charge in [0.25, 0.3) is 0 Å². The maximum atomic E-state index is 6.50. The molecular formula is C18H14I2O2. The fourth-order valence-electron chi connectivity index (χ4n) is 4.33. The van der Waals surface area contributed by atoms with E-state index in [2.05, 4.69) is 81.6 Å². The van der Waals surface area contributed by atoms with Gasteiger partial charge in [-0.25, -0.2) is 0 Å². The zero-order valence-corrected chi connectivity index (χ0v) is 16.1. The van der Waals surface area contributed by atoms with Gasteiger partial charge in [0.05, 0.1) is 12.5 Å². The molecular weight excluding hydrogens is 502 g/mol. The van der Waals surface area contributed by atoms with E-state index in [0.717, 1.165) is 18.6 Å². The Hall–Kier alpha value is -0.340. The van der Waals surface area contributed by atoms with E-state index in [1.54, 1.807) is 0 Å². The molecule has 5 rings (SSSR count). The molecule has 1 heterocycles. The monoisotopic (exact) mass is 516 g/mol. The normalized spacial score (nSPS) is 31.0. The first kappa shape index (κ1) is 14.0. The van der Waals surface area contributed by atoms with E-state index < -0.39 is 5.79 Å². The molecule has 4 heteroatoms. The number of ether oxygens (including phenoxy) is 2.